The summed E-state index contributed by atoms with van der Waals surface area (Å²) in [4.78, 5) is 10.6. The Morgan fingerprint density at radius 2 is 1.95 bits per heavy atom. The van der Waals surface area contributed by atoms with Crippen molar-refractivity contribution >= 4 is 5.97 Å². The molecule has 0 aliphatic heterocycles. The van der Waals surface area contributed by atoms with Crippen molar-refractivity contribution in [1.29, 1.82) is 0 Å². The van der Waals surface area contributed by atoms with E-state index in [1.165, 1.54) is 0 Å². The molecule has 2 aromatic rings. The van der Waals surface area contributed by atoms with Crippen molar-refractivity contribution in [2.75, 3.05) is 0 Å². The van der Waals surface area contributed by atoms with Gasteiger partial charge in [-0.25, -0.2) is 0 Å². The second-order valence-electron chi connectivity index (χ2n) is 5.07. The number of nitrogens with zero attached hydrogens (tertiary/aromatic N) is 2. The van der Waals surface area contributed by atoms with E-state index in [1.807, 2.05) is 44.2 Å². The first-order valence-electron chi connectivity index (χ1n) is 6.65. The van der Waals surface area contributed by atoms with Crippen molar-refractivity contribution in [2.24, 2.45) is 5.92 Å². The number of carboxylic acid groups (broad SMARTS) is 1. The molecule has 2 unspecified atom stereocenters. The summed E-state index contributed by atoms with van der Waals surface area (Å²) in [7, 11) is 0. The van der Waals surface area contributed by atoms with Gasteiger partial charge in [0.1, 0.15) is 0 Å². The SMILES string of the molecule is CC(CC(=O)O)Cc1nnc(C(C)c2ccccc2)o1. The summed E-state index contributed by atoms with van der Waals surface area (Å²) in [5.74, 6) is 0.264. The number of aliphatic carboxylic acids is 1. The molecule has 0 aliphatic carbocycles. The maximum absolute atomic E-state index is 10.6. The zero-order valence-corrected chi connectivity index (χ0v) is 11.6. The highest BCUT2D eigenvalue weighted by atomic mass is 16.4. The molecule has 0 spiro atoms. The lowest BCUT2D eigenvalue weighted by Gasteiger charge is -2.06. The van der Waals surface area contributed by atoms with Crippen LogP contribution in [0, 0.1) is 5.92 Å². The van der Waals surface area contributed by atoms with E-state index in [2.05, 4.69) is 10.2 Å². The average Bonchev–Trinajstić information content (AvgIpc) is 2.86. The molecule has 0 saturated carbocycles. The summed E-state index contributed by atoms with van der Waals surface area (Å²) in [6, 6.07) is 9.93. The van der Waals surface area contributed by atoms with Crippen LogP contribution < -0.4 is 0 Å². The van der Waals surface area contributed by atoms with E-state index in [4.69, 9.17) is 9.52 Å². The summed E-state index contributed by atoms with van der Waals surface area (Å²) in [5.41, 5.74) is 1.11. The Balaban J connectivity index is 2.03. The van der Waals surface area contributed by atoms with E-state index in [-0.39, 0.29) is 18.3 Å². The monoisotopic (exact) mass is 274 g/mol. The molecule has 0 bridgehead atoms. The van der Waals surface area contributed by atoms with Crippen LogP contribution in [0.25, 0.3) is 0 Å². The van der Waals surface area contributed by atoms with E-state index in [1.54, 1.807) is 0 Å². The number of carbonyl (C=O) groups is 1. The van der Waals surface area contributed by atoms with E-state index >= 15 is 0 Å². The molecule has 0 saturated heterocycles. The summed E-state index contributed by atoms with van der Waals surface area (Å²) in [6.07, 6.45) is 0.590. The van der Waals surface area contributed by atoms with Gasteiger partial charge in [0.15, 0.2) is 0 Å². The summed E-state index contributed by atoms with van der Waals surface area (Å²) >= 11 is 0. The van der Waals surface area contributed by atoms with Gasteiger partial charge in [0.05, 0.1) is 5.92 Å². The molecule has 1 aromatic heterocycles. The van der Waals surface area contributed by atoms with Crippen LogP contribution in [0.4, 0.5) is 0 Å². The lowest BCUT2D eigenvalue weighted by Crippen LogP contribution is -2.07. The number of hydrogen-bond donors (Lipinski definition) is 1. The van der Waals surface area contributed by atoms with Gasteiger partial charge in [-0.3, -0.25) is 4.79 Å². The van der Waals surface area contributed by atoms with Gasteiger partial charge in [-0.2, -0.15) is 0 Å². The zero-order chi connectivity index (χ0) is 14.5. The Morgan fingerprint density at radius 3 is 2.60 bits per heavy atom. The second-order valence-corrected chi connectivity index (χ2v) is 5.07. The quantitative estimate of drug-likeness (QED) is 0.876. The maximum Gasteiger partial charge on any atom is 0.303 e. The molecule has 1 N–H and O–H groups in total. The van der Waals surface area contributed by atoms with Crippen molar-refractivity contribution in [1.82, 2.24) is 10.2 Å². The van der Waals surface area contributed by atoms with Crippen molar-refractivity contribution in [2.45, 2.75) is 32.6 Å². The smallest absolute Gasteiger partial charge is 0.303 e. The highest BCUT2D eigenvalue weighted by molar-refractivity contribution is 5.66. The first-order chi connectivity index (χ1) is 9.56. The Morgan fingerprint density at radius 1 is 1.25 bits per heavy atom. The molecule has 0 amide bonds. The fraction of sp³-hybridized carbons (Fsp3) is 0.400. The lowest BCUT2D eigenvalue weighted by molar-refractivity contribution is -0.137. The van der Waals surface area contributed by atoms with Crippen molar-refractivity contribution in [3.05, 3.63) is 47.7 Å². The van der Waals surface area contributed by atoms with Gasteiger partial charge < -0.3 is 9.52 Å². The van der Waals surface area contributed by atoms with Crippen LogP contribution in [-0.2, 0) is 11.2 Å². The van der Waals surface area contributed by atoms with E-state index < -0.39 is 5.97 Å². The minimum absolute atomic E-state index is 0.0205. The number of benzene rings is 1. The van der Waals surface area contributed by atoms with Crippen LogP contribution in [0.5, 0.6) is 0 Å². The van der Waals surface area contributed by atoms with Crippen LogP contribution in [0.15, 0.2) is 34.7 Å². The van der Waals surface area contributed by atoms with E-state index in [9.17, 15) is 4.79 Å². The third kappa shape index (κ3) is 3.66. The van der Waals surface area contributed by atoms with E-state index in [0.29, 0.717) is 18.2 Å². The molecular weight excluding hydrogens is 256 g/mol. The van der Waals surface area contributed by atoms with Crippen molar-refractivity contribution in [3.63, 3.8) is 0 Å². The van der Waals surface area contributed by atoms with Gasteiger partial charge in [0.25, 0.3) is 0 Å². The Kier molecular flexibility index (Phi) is 4.50. The highest BCUT2D eigenvalue weighted by Crippen LogP contribution is 2.23. The molecule has 1 aromatic carbocycles. The normalized spacial score (nSPS) is 13.9. The molecule has 106 valence electrons. The summed E-state index contributed by atoms with van der Waals surface area (Å²) in [6.45, 7) is 3.87. The maximum atomic E-state index is 10.6. The van der Waals surface area contributed by atoms with Crippen molar-refractivity contribution < 1.29 is 14.3 Å². The van der Waals surface area contributed by atoms with Crippen LogP contribution in [0.3, 0.4) is 0 Å². The predicted molar refractivity (Wildman–Crippen MR) is 73.4 cm³/mol. The van der Waals surface area contributed by atoms with Crippen LogP contribution in [-0.4, -0.2) is 21.3 Å². The largest absolute Gasteiger partial charge is 0.481 e. The van der Waals surface area contributed by atoms with Gasteiger partial charge in [-0.15, -0.1) is 10.2 Å². The minimum atomic E-state index is -0.810. The molecule has 2 atom stereocenters. The van der Waals surface area contributed by atoms with Gasteiger partial charge in [0, 0.05) is 12.8 Å². The molecule has 0 fully saturated rings. The summed E-state index contributed by atoms with van der Waals surface area (Å²) in [5, 5.41) is 16.8. The number of hydrogen-bond acceptors (Lipinski definition) is 4. The zero-order valence-electron chi connectivity index (χ0n) is 11.6. The minimum Gasteiger partial charge on any atom is -0.481 e. The van der Waals surface area contributed by atoms with Gasteiger partial charge in [0.2, 0.25) is 11.8 Å². The number of carboxylic acids is 1. The van der Waals surface area contributed by atoms with Gasteiger partial charge in [-0.1, -0.05) is 37.3 Å². The number of aromatic nitrogens is 2. The van der Waals surface area contributed by atoms with Crippen molar-refractivity contribution in [3.8, 4) is 0 Å². The predicted octanol–water partition coefficient (Wildman–Crippen LogP) is 2.87. The average molecular weight is 274 g/mol. The lowest BCUT2D eigenvalue weighted by atomic mass is 10.0. The molecule has 5 nitrogen and oxygen atoms in total. The van der Waals surface area contributed by atoms with Crippen LogP contribution in [0.2, 0.25) is 0 Å². The van der Waals surface area contributed by atoms with Gasteiger partial charge >= 0.3 is 5.97 Å². The topological polar surface area (TPSA) is 76.2 Å². The molecule has 0 radical (unpaired) electrons. The number of rotatable bonds is 6. The summed E-state index contributed by atoms with van der Waals surface area (Å²) < 4.78 is 5.64. The standard InChI is InChI=1S/C15H18N2O3/c1-10(9-14(18)19)8-13-16-17-15(20-13)11(2)12-6-4-3-5-7-12/h3-7,10-11H,8-9H2,1-2H3,(H,18,19). The Bertz CT molecular complexity index is 566. The first kappa shape index (κ1) is 14.2. The van der Waals surface area contributed by atoms with Gasteiger partial charge in [-0.05, 0) is 18.4 Å². The molecule has 20 heavy (non-hydrogen) atoms. The van der Waals surface area contributed by atoms with Crippen LogP contribution >= 0.6 is 0 Å². The van der Waals surface area contributed by atoms with E-state index in [0.717, 1.165) is 5.56 Å². The molecule has 1 heterocycles. The highest BCUT2D eigenvalue weighted by Gasteiger charge is 2.17. The fourth-order valence-electron chi connectivity index (χ4n) is 2.08. The molecule has 0 aliphatic rings. The second kappa shape index (κ2) is 6.32. The van der Waals surface area contributed by atoms with Crippen LogP contribution in [0.1, 0.15) is 43.5 Å². The molecule has 2 rings (SSSR count). The Hall–Kier alpha value is -2.17. The molecular formula is C15H18N2O3. The Labute approximate surface area is 117 Å². The molecule has 5 heteroatoms. The third-order valence-electron chi connectivity index (χ3n) is 3.20. The first-order valence-corrected chi connectivity index (χ1v) is 6.65. The third-order valence-corrected chi connectivity index (χ3v) is 3.20. The fourth-order valence-corrected chi connectivity index (χ4v) is 2.08.